The van der Waals surface area contributed by atoms with Crippen LogP contribution in [0.15, 0.2) is 24.3 Å². The Kier molecular flexibility index (Phi) is 3.41. The van der Waals surface area contributed by atoms with Crippen molar-refractivity contribution in [1.29, 1.82) is 0 Å². The number of hydrogen-bond donors (Lipinski definition) is 1. The molecule has 19 heavy (non-hydrogen) atoms. The summed E-state index contributed by atoms with van der Waals surface area (Å²) < 4.78 is 5.27. The maximum Gasteiger partial charge on any atom is 0.372 e. The van der Waals surface area contributed by atoms with Crippen molar-refractivity contribution in [2.24, 2.45) is 5.92 Å². The van der Waals surface area contributed by atoms with E-state index in [0.717, 1.165) is 0 Å². The molecule has 0 aromatic heterocycles. The van der Waals surface area contributed by atoms with Crippen molar-refractivity contribution < 1.29 is 29.0 Å². The van der Waals surface area contributed by atoms with Gasteiger partial charge in [0.15, 0.2) is 11.6 Å². The van der Waals surface area contributed by atoms with E-state index < -0.39 is 35.7 Å². The number of para-hydroxylation sites is 1. The summed E-state index contributed by atoms with van der Waals surface area (Å²) >= 11 is 0. The molecule has 0 saturated heterocycles. The van der Waals surface area contributed by atoms with Crippen LogP contribution < -0.4 is 4.74 Å². The Hall–Kier alpha value is -2.50. The Morgan fingerprint density at radius 2 is 1.95 bits per heavy atom. The minimum absolute atomic E-state index is 0.165. The second-order valence-corrected chi connectivity index (χ2v) is 4.10. The number of carboxylic acid groups (broad SMARTS) is 1. The molecule has 0 bridgehead atoms. The van der Waals surface area contributed by atoms with E-state index in [-0.39, 0.29) is 12.2 Å². The minimum Gasteiger partial charge on any atom is -0.492 e. The highest BCUT2D eigenvalue weighted by molar-refractivity contribution is 6.37. The first-order valence-electron chi connectivity index (χ1n) is 5.55. The van der Waals surface area contributed by atoms with Gasteiger partial charge in [-0.1, -0.05) is 12.1 Å². The van der Waals surface area contributed by atoms with Gasteiger partial charge in [-0.05, 0) is 12.1 Å². The van der Waals surface area contributed by atoms with E-state index in [1.54, 1.807) is 18.2 Å². The van der Waals surface area contributed by atoms with E-state index in [1.165, 1.54) is 6.07 Å². The molecule has 0 fully saturated rings. The summed E-state index contributed by atoms with van der Waals surface area (Å²) in [6, 6.07) is 6.46. The molecule has 1 N–H and O–H groups in total. The smallest absolute Gasteiger partial charge is 0.372 e. The van der Waals surface area contributed by atoms with Crippen LogP contribution in [-0.2, 0) is 14.4 Å². The topological polar surface area (TPSA) is 97.7 Å². The van der Waals surface area contributed by atoms with Crippen molar-refractivity contribution in [2.75, 3.05) is 6.61 Å². The van der Waals surface area contributed by atoms with Crippen molar-refractivity contribution in [3.63, 3.8) is 0 Å². The first-order chi connectivity index (χ1) is 9.00. The third kappa shape index (κ3) is 2.52. The molecule has 0 radical (unpaired) electrons. The van der Waals surface area contributed by atoms with Crippen molar-refractivity contribution in [3.8, 4) is 5.75 Å². The summed E-state index contributed by atoms with van der Waals surface area (Å²) in [5, 5.41) is 8.43. The fourth-order valence-corrected chi connectivity index (χ4v) is 1.83. The van der Waals surface area contributed by atoms with E-state index in [1.807, 2.05) is 0 Å². The van der Waals surface area contributed by atoms with Gasteiger partial charge in [0, 0.05) is 0 Å². The molecule has 1 aliphatic rings. The SMILES string of the molecule is O=C(O)C(=O)CC(=O)[C@H]1COc2ccccc2C1=O. The van der Waals surface area contributed by atoms with Crippen LogP contribution >= 0.6 is 0 Å². The zero-order chi connectivity index (χ0) is 14.0. The predicted molar refractivity (Wildman–Crippen MR) is 62.0 cm³/mol. The first kappa shape index (κ1) is 12.9. The van der Waals surface area contributed by atoms with Gasteiger partial charge in [-0.25, -0.2) is 4.79 Å². The Labute approximate surface area is 108 Å². The number of ketones is 3. The van der Waals surface area contributed by atoms with Gasteiger partial charge in [-0.15, -0.1) is 0 Å². The van der Waals surface area contributed by atoms with Crippen LogP contribution in [0.1, 0.15) is 16.8 Å². The average Bonchev–Trinajstić information content (AvgIpc) is 2.39. The number of carbonyl (C=O) groups is 4. The molecule has 0 saturated carbocycles. The van der Waals surface area contributed by atoms with Gasteiger partial charge < -0.3 is 9.84 Å². The van der Waals surface area contributed by atoms with Gasteiger partial charge in [-0.3, -0.25) is 14.4 Å². The Bertz CT molecular complexity index is 574. The Morgan fingerprint density at radius 3 is 2.63 bits per heavy atom. The molecule has 6 heteroatoms. The second kappa shape index (κ2) is 5.01. The maximum absolute atomic E-state index is 12.0. The molecular formula is C13H10O6. The van der Waals surface area contributed by atoms with Crippen molar-refractivity contribution in [2.45, 2.75) is 6.42 Å². The van der Waals surface area contributed by atoms with Gasteiger partial charge >= 0.3 is 5.97 Å². The highest BCUT2D eigenvalue weighted by atomic mass is 16.5. The number of benzene rings is 1. The van der Waals surface area contributed by atoms with E-state index in [0.29, 0.717) is 5.75 Å². The number of aliphatic carboxylic acids is 1. The minimum atomic E-state index is -1.68. The summed E-state index contributed by atoms with van der Waals surface area (Å²) in [4.78, 5) is 45.2. The molecule has 0 spiro atoms. The van der Waals surface area contributed by atoms with Crippen LogP contribution in [0.25, 0.3) is 0 Å². The summed E-state index contributed by atoms with van der Waals surface area (Å²) in [6.45, 7) is -0.165. The molecule has 98 valence electrons. The number of ether oxygens (including phenoxy) is 1. The Balaban J connectivity index is 2.16. The molecule has 1 aliphatic heterocycles. The van der Waals surface area contributed by atoms with Gasteiger partial charge in [-0.2, -0.15) is 0 Å². The molecule has 0 aliphatic carbocycles. The highest BCUT2D eigenvalue weighted by Gasteiger charge is 2.35. The molecule has 0 unspecified atom stereocenters. The lowest BCUT2D eigenvalue weighted by Gasteiger charge is -2.22. The van der Waals surface area contributed by atoms with Crippen LogP contribution in [0.3, 0.4) is 0 Å². The van der Waals surface area contributed by atoms with E-state index in [9.17, 15) is 19.2 Å². The molecular weight excluding hydrogens is 252 g/mol. The number of carbonyl (C=O) groups excluding carboxylic acids is 3. The van der Waals surface area contributed by atoms with Crippen LogP contribution in [0.5, 0.6) is 5.75 Å². The zero-order valence-corrected chi connectivity index (χ0v) is 9.79. The monoisotopic (exact) mass is 262 g/mol. The van der Waals surface area contributed by atoms with Crippen LogP contribution in [0, 0.1) is 5.92 Å². The number of Topliss-reactive ketones (excluding diaryl/α,β-unsaturated/α-hetero) is 3. The molecule has 1 aromatic carbocycles. The predicted octanol–water partition coefficient (Wildman–Crippen LogP) is 0.491. The lowest BCUT2D eigenvalue weighted by Crippen LogP contribution is -2.35. The number of hydrogen-bond acceptors (Lipinski definition) is 5. The van der Waals surface area contributed by atoms with Gasteiger partial charge in [0.05, 0.1) is 12.0 Å². The lowest BCUT2D eigenvalue weighted by molar-refractivity contribution is -0.150. The zero-order valence-electron chi connectivity index (χ0n) is 9.79. The van der Waals surface area contributed by atoms with E-state index >= 15 is 0 Å². The largest absolute Gasteiger partial charge is 0.492 e. The quantitative estimate of drug-likeness (QED) is 0.626. The molecule has 6 nitrogen and oxygen atoms in total. The maximum atomic E-state index is 12.0. The summed E-state index contributed by atoms with van der Waals surface area (Å²) in [6.07, 6.45) is -0.794. The third-order valence-electron chi connectivity index (χ3n) is 2.84. The number of rotatable bonds is 4. The molecule has 1 heterocycles. The normalized spacial score (nSPS) is 17.3. The third-order valence-corrected chi connectivity index (χ3v) is 2.84. The van der Waals surface area contributed by atoms with Crippen LogP contribution in [0.2, 0.25) is 0 Å². The summed E-state index contributed by atoms with van der Waals surface area (Å²) in [5.41, 5.74) is 0.273. The molecule has 1 aromatic rings. The number of fused-ring (bicyclic) bond motifs is 1. The standard InChI is InChI=1S/C13H10O6/c14-9(5-10(15)13(17)18)8-6-19-11-4-2-1-3-7(11)12(8)16/h1-4,8H,5-6H2,(H,17,18)/t8-/m1/s1. The highest BCUT2D eigenvalue weighted by Crippen LogP contribution is 2.27. The van der Waals surface area contributed by atoms with Crippen LogP contribution in [-0.4, -0.2) is 35.0 Å². The fourth-order valence-electron chi connectivity index (χ4n) is 1.83. The van der Waals surface area contributed by atoms with Crippen molar-refractivity contribution in [1.82, 2.24) is 0 Å². The van der Waals surface area contributed by atoms with Gasteiger partial charge in [0.25, 0.3) is 0 Å². The first-order valence-corrected chi connectivity index (χ1v) is 5.55. The average molecular weight is 262 g/mol. The van der Waals surface area contributed by atoms with Crippen molar-refractivity contribution >= 4 is 23.3 Å². The summed E-state index contributed by atoms with van der Waals surface area (Å²) in [5.74, 6) is -4.80. The van der Waals surface area contributed by atoms with E-state index in [2.05, 4.69) is 0 Å². The molecule has 0 amide bonds. The molecule has 2 rings (SSSR count). The second-order valence-electron chi connectivity index (χ2n) is 4.10. The van der Waals surface area contributed by atoms with Crippen LogP contribution in [0.4, 0.5) is 0 Å². The number of carboxylic acids is 1. The summed E-state index contributed by atoms with van der Waals surface area (Å²) in [7, 11) is 0. The fraction of sp³-hybridized carbons (Fsp3) is 0.231. The van der Waals surface area contributed by atoms with Gasteiger partial charge in [0.2, 0.25) is 5.78 Å². The Morgan fingerprint density at radius 1 is 1.26 bits per heavy atom. The van der Waals surface area contributed by atoms with E-state index in [4.69, 9.17) is 9.84 Å². The van der Waals surface area contributed by atoms with Gasteiger partial charge in [0.1, 0.15) is 18.3 Å². The molecule has 1 atom stereocenters. The lowest BCUT2D eigenvalue weighted by atomic mass is 9.89. The van der Waals surface area contributed by atoms with Crippen molar-refractivity contribution in [3.05, 3.63) is 29.8 Å².